The summed E-state index contributed by atoms with van der Waals surface area (Å²) < 4.78 is 0. The third-order valence-corrected chi connectivity index (χ3v) is 4.18. The van der Waals surface area contributed by atoms with Crippen LogP contribution in [-0.2, 0) is 0 Å². The lowest BCUT2D eigenvalue weighted by Gasteiger charge is -2.28. The molecule has 0 heterocycles. The second-order valence-corrected chi connectivity index (χ2v) is 6.07. The van der Waals surface area contributed by atoms with Crippen molar-refractivity contribution in [1.82, 2.24) is 10.2 Å². The lowest BCUT2D eigenvalue weighted by atomic mass is 10.0. The Kier molecular flexibility index (Phi) is 5.41. The van der Waals surface area contributed by atoms with Crippen LogP contribution in [0, 0.1) is 5.92 Å². The van der Waals surface area contributed by atoms with Crippen LogP contribution in [0.2, 0.25) is 0 Å². The first-order valence-corrected chi connectivity index (χ1v) is 7.67. The summed E-state index contributed by atoms with van der Waals surface area (Å²) in [6, 6.07) is 11.9. The van der Waals surface area contributed by atoms with Crippen molar-refractivity contribution in [2.75, 3.05) is 20.1 Å². The molecule has 0 saturated heterocycles. The minimum Gasteiger partial charge on any atom is -0.313 e. The molecule has 106 valence electrons. The third-order valence-electron chi connectivity index (χ3n) is 4.18. The zero-order valence-corrected chi connectivity index (χ0v) is 12.6. The van der Waals surface area contributed by atoms with Crippen LogP contribution in [0.5, 0.6) is 0 Å². The van der Waals surface area contributed by atoms with Gasteiger partial charge in [0.25, 0.3) is 0 Å². The Bertz CT molecular complexity index is 357. The first-order chi connectivity index (χ1) is 9.20. The second-order valence-electron chi connectivity index (χ2n) is 6.07. The Hall–Kier alpha value is -0.860. The lowest BCUT2D eigenvalue weighted by Crippen LogP contribution is -2.35. The quantitative estimate of drug-likeness (QED) is 0.770. The molecule has 1 aromatic rings. The SMILES string of the molecule is CNC(CCN(CC1CC1)C(C)C)c1ccccc1. The molecule has 0 amide bonds. The highest BCUT2D eigenvalue weighted by molar-refractivity contribution is 5.18. The van der Waals surface area contributed by atoms with Gasteiger partial charge in [-0.1, -0.05) is 30.3 Å². The van der Waals surface area contributed by atoms with E-state index in [-0.39, 0.29) is 0 Å². The molecule has 0 radical (unpaired) electrons. The fourth-order valence-corrected chi connectivity index (χ4v) is 2.65. The van der Waals surface area contributed by atoms with Crippen LogP contribution in [0.1, 0.15) is 44.7 Å². The fourth-order valence-electron chi connectivity index (χ4n) is 2.65. The van der Waals surface area contributed by atoms with Gasteiger partial charge in [0, 0.05) is 25.2 Å². The van der Waals surface area contributed by atoms with Crippen molar-refractivity contribution in [3.63, 3.8) is 0 Å². The maximum atomic E-state index is 3.45. The molecule has 1 aliphatic carbocycles. The van der Waals surface area contributed by atoms with E-state index < -0.39 is 0 Å². The van der Waals surface area contributed by atoms with Crippen LogP contribution in [0.15, 0.2) is 30.3 Å². The summed E-state index contributed by atoms with van der Waals surface area (Å²) in [6.07, 6.45) is 4.07. The molecule has 1 N–H and O–H groups in total. The van der Waals surface area contributed by atoms with Crippen molar-refractivity contribution in [3.05, 3.63) is 35.9 Å². The normalized spacial score (nSPS) is 17.1. The lowest BCUT2D eigenvalue weighted by molar-refractivity contribution is 0.202. The number of nitrogens with one attached hydrogen (secondary N) is 1. The number of benzene rings is 1. The molecule has 1 aliphatic rings. The summed E-state index contributed by atoms with van der Waals surface area (Å²) in [5, 5.41) is 3.45. The van der Waals surface area contributed by atoms with Crippen LogP contribution in [0.3, 0.4) is 0 Å². The standard InChI is InChI=1S/C17H28N2/c1-14(2)19(13-15-9-10-15)12-11-17(18-3)16-7-5-4-6-8-16/h4-8,14-15,17-18H,9-13H2,1-3H3. The molecule has 0 aromatic heterocycles. The summed E-state index contributed by atoms with van der Waals surface area (Å²) in [5.41, 5.74) is 1.40. The van der Waals surface area contributed by atoms with E-state index >= 15 is 0 Å². The van der Waals surface area contributed by atoms with Crippen molar-refractivity contribution < 1.29 is 0 Å². The van der Waals surface area contributed by atoms with Crippen molar-refractivity contribution in [3.8, 4) is 0 Å². The Morgan fingerprint density at radius 2 is 1.89 bits per heavy atom. The molecular weight excluding hydrogens is 232 g/mol. The van der Waals surface area contributed by atoms with Gasteiger partial charge in [-0.2, -0.15) is 0 Å². The van der Waals surface area contributed by atoms with Crippen LogP contribution in [-0.4, -0.2) is 31.1 Å². The van der Waals surface area contributed by atoms with Crippen LogP contribution >= 0.6 is 0 Å². The van der Waals surface area contributed by atoms with E-state index in [2.05, 4.69) is 61.4 Å². The Labute approximate surface area is 118 Å². The number of hydrogen-bond donors (Lipinski definition) is 1. The van der Waals surface area contributed by atoms with Gasteiger partial charge in [-0.15, -0.1) is 0 Å². The predicted molar refractivity (Wildman–Crippen MR) is 82.3 cm³/mol. The molecular formula is C17H28N2. The molecule has 0 spiro atoms. The molecule has 2 rings (SSSR count). The van der Waals surface area contributed by atoms with Gasteiger partial charge in [0.2, 0.25) is 0 Å². The van der Waals surface area contributed by atoms with E-state index in [1.54, 1.807) is 0 Å². The second kappa shape index (κ2) is 7.06. The van der Waals surface area contributed by atoms with Gasteiger partial charge in [-0.25, -0.2) is 0 Å². The van der Waals surface area contributed by atoms with E-state index in [9.17, 15) is 0 Å². The van der Waals surface area contributed by atoms with Crippen LogP contribution in [0.4, 0.5) is 0 Å². The molecule has 1 fully saturated rings. The maximum absolute atomic E-state index is 3.45. The largest absolute Gasteiger partial charge is 0.313 e. The summed E-state index contributed by atoms with van der Waals surface area (Å²) in [6.45, 7) is 7.12. The van der Waals surface area contributed by atoms with Gasteiger partial charge in [0.15, 0.2) is 0 Å². The Morgan fingerprint density at radius 3 is 2.42 bits per heavy atom. The van der Waals surface area contributed by atoms with Gasteiger partial charge in [0.05, 0.1) is 0 Å². The summed E-state index contributed by atoms with van der Waals surface area (Å²) >= 11 is 0. The number of nitrogens with zero attached hydrogens (tertiary/aromatic N) is 1. The molecule has 2 nitrogen and oxygen atoms in total. The van der Waals surface area contributed by atoms with Crippen molar-refractivity contribution in [2.24, 2.45) is 5.92 Å². The van der Waals surface area contributed by atoms with Gasteiger partial charge >= 0.3 is 0 Å². The highest BCUT2D eigenvalue weighted by Gasteiger charge is 2.25. The van der Waals surface area contributed by atoms with E-state index in [0.29, 0.717) is 12.1 Å². The topological polar surface area (TPSA) is 15.3 Å². The molecule has 1 unspecified atom stereocenters. The van der Waals surface area contributed by atoms with Crippen LogP contribution < -0.4 is 5.32 Å². The summed E-state index contributed by atoms with van der Waals surface area (Å²) in [4.78, 5) is 2.64. The zero-order valence-electron chi connectivity index (χ0n) is 12.6. The Balaban J connectivity index is 1.86. The van der Waals surface area contributed by atoms with Crippen molar-refractivity contribution in [1.29, 1.82) is 0 Å². The summed E-state index contributed by atoms with van der Waals surface area (Å²) in [7, 11) is 2.07. The van der Waals surface area contributed by atoms with Gasteiger partial charge < -0.3 is 10.2 Å². The average Bonchev–Trinajstić information content (AvgIpc) is 3.23. The van der Waals surface area contributed by atoms with E-state index in [1.807, 2.05) is 0 Å². The van der Waals surface area contributed by atoms with Gasteiger partial charge in [-0.3, -0.25) is 0 Å². The van der Waals surface area contributed by atoms with Crippen molar-refractivity contribution in [2.45, 2.75) is 45.2 Å². The smallest absolute Gasteiger partial charge is 0.0329 e. The zero-order chi connectivity index (χ0) is 13.7. The minimum absolute atomic E-state index is 0.474. The fraction of sp³-hybridized carbons (Fsp3) is 0.647. The highest BCUT2D eigenvalue weighted by atomic mass is 15.2. The minimum atomic E-state index is 0.474. The highest BCUT2D eigenvalue weighted by Crippen LogP contribution is 2.30. The predicted octanol–water partition coefficient (Wildman–Crippen LogP) is 3.46. The average molecular weight is 260 g/mol. The molecule has 1 aromatic carbocycles. The van der Waals surface area contributed by atoms with Crippen LogP contribution in [0.25, 0.3) is 0 Å². The molecule has 2 heteroatoms. The molecule has 0 aliphatic heterocycles. The van der Waals surface area contributed by atoms with Gasteiger partial charge in [0.1, 0.15) is 0 Å². The van der Waals surface area contributed by atoms with Crippen molar-refractivity contribution >= 4 is 0 Å². The first-order valence-electron chi connectivity index (χ1n) is 7.67. The third kappa shape index (κ3) is 4.63. The van der Waals surface area contributed by atoms with E-state index in [1.165, 1.54) is 37.9 Å². The number of hydrogen-bond acceptors (Lipinski definition) is 2. The monoisotopic (exact) mass is 260 g/mol. The molecule has 19 heavy (non-hydrogen) atoms. The van der Waals surface area contributed by atoms with Gasteiger partial charge in [-0.05, 0) is 51.6 Å². The first kappa shape index (κ1) is 14.5. The maximum Gasteiger partial charge on any atom is 0.0329 e. The Morgan fingerprint density at radius 1 is 1.21 bits per heavy atom. The molecule has 1 saturated carbocycles. The molecule has 0 bridgehead atoms. The summed E-state index contributed by atoms with van der Waals surface area (Å²) in [5.74, 6) is 0.979. The van der Waals surface area contributed by atoms with E-state index in [0.717, 1.165) is 5.92 Å². The molecule has 1 atom stereocenters. The number of rotatable bonds is 8. The van der Waals surface area contributed by atoms with E-state index in [4.69, 9.17) is 0 Å².